The number of aryl methyl sites for hydroxylation is 1. The summed E-state index contributed by atoms with van der Waals surface area (Å²) in [7, 11) is -3.72. The van der Waals surface area contributed by atoms with E-state index in [1.165, 1.54) is 9.87 Å². The maximum absolute atomic E-state index is 13.3. The van der Waals surface area contributed by atoms with Gasteiger partial charge in [-0.25, -0.2) is 8.42 Å². The first-order valence-electron chi connectivity index (χ1n) is 9.57. The molecule has 29 heavy (non-hydrogen) atoms. The lowest BCUT2D eigenvalue weighted by Gasteiger charge is -2.23. The molecule has 0 saturated heterocycles. The van der Waals surface area contributed by atoms with Gasteiger partial charge in [0.2, 0.25) is 10.0 Å². The lowest BCUT2D eigenvalue weighted by molar-refractivity contribution is 0.399. The Bertz CT molecular complexity index is 1020. The van der Waals surface area contributed by atoms with Crippen molar-refractivity contribution in [3.8, 4) is 0 Å². The summed E-state index contributed by atoms with van der Waals surface area (Å²) in [4.78, 5) is 0.139. The number of hydrogen-bond acceptors (Lipinski definition) is 3. The van der Waals surface area contributed by atoms with Crippen molar-refractivity contribution >= 4 is 21.6 Å². The number of benzene rings is 3. The lowest BCUT2D eigenvalue weighted by atomic mass is 10.1. The Morgan fingerprint density at radius 1 is 0.793 bits per heavy atom. The summed E-state index contributed by atoms with van der Waals surface area (Å²) >= 11 is 6.21. The first kappa shape index (κ1) is 21.5. The van der Waals surface area contributed by atoms with Gasteiger partial charge >= 0.3 is 0 Å². The molecule has 0 atom stereocenters. The van der Waals surface area contributed by atoms with E-state index in [1.807, 2.05) is 42.5 Å². The molecule has 4 nitrogen and oxygen atoms in total. The summed E-state index contributed by atoms with van der Waals surface area (Å²) in [6.07, 6.45) is 1.52. The Morgan fingerprint density at radius 3 is 2.07 bits per heavy atom. The zero-order chi connectivity index (χ0) is 20.7. The van der Waals surface area contributed by atoms with Crippen molar-refractivity contribution in [3.63, 3.8) is 0 Å². The van der Waals surface area contributed by atoms with Crippen molar-refractivity contribution < 1.29 is 8.42 Å². The topological polar surface area (TPSA) is 63.4 Å². The normalized spacial score (nSPS) is 11.7. The highest BCUT2D eigenvalue weighted by molar-refractivity contribution is 7.89. The third-order valence-corrected chi connectivity index (χ3v) is 7.13. The molecule has 0 radical (unpaired) electrons. The van der Waals surface area contributed by atoms with Crippen molar-refractivity contribution in [1.82, 2.24) is 4.31 Å². The van der Waals surface area contributed by atoms with Gasteiger partial charge in [-0.15, -0.1) is 0 Å². The van der Waals surface area contributed by atoms with E-state index in [0.717, 1.165) is 17.5 Å². The lowest BCUT2D eigenvalue weighted by Crippen LogP contribution is -2.32. The maximum atomic E-state index is 13.3. The van der Waals surface area contributed by atoms with Gasteiger partial charge in [0.1, 0.15) is 4.90 Å². The fraction of sp³-hybridized carbons (Fsp3) is 0.217. The van der Waals surface area contributed by atoms with Crippen LogP contribution in [-0.4, -0.2) is 19.3 Å². The molecule has 0 spiro atoms. The van der Waals surface area contributed by atoms with Crippen LogP contribution in [-0.2, 0) is 29.5 Å². The highest BCUT2D eigenvalue weighted by Crippen LogP contribution is 2.26. The van der Waals surface area contributed by atoms with Crippen molar-refractivity contribution in [2.24, 2.45) is 5.73 Å². The minimum Gasteiger partial charge on any atom is -0.326 e. The molecular formula is C23H25ClN2O2S. The van der Waals surface area contributed by atoms with Crippen molar-refractivity contribution in [2.75, 3.05) is 6.54 Å². The minimum atomic E-state index is -3.72. The Morgan fingerprint density at radius 2 is 1.41 bits per heavy atom. The third-order valence-electron chi connectivity index (χ3n) is 4.79. The molecule has 6 heteroatoms. The number of sulfonamides is 1. The number of nitrogens with zero attached hydrogens (tertiary/aromatic N) is 1. The van der Waals surface area contributed by atoms with Gasteiger partial charge in [-0.1, -0.05) is 78.3 Å². The Labute approximate surface area is 178 Å². The van der Waals surface area contributed by atoms with Gasteiger partial charge in [-0.3, -0.25) is 0 Å². The van der Waals surface area contributed by atoms with Crippen LogP contribution in [0.3, 0.4) is 0 Å². The second-order valence-corrected chi connectivity index (χ2v) is 9.19. The van der Waals surface area contributed by atoms with Crippen LogP contribution >= 0.6 is 11.6 Å². The predicted molar refractivity (Wildman–Crippen MR) is 118 cm³/mol. The second kappa shape index (κ2) is 10.0. The quantitative estimate of drug-likeness (QED) is 0.540. The highest BCUT2D eigenvalue weighted by atomic mass is 35.5. The zero-order valence-corrected chi connectivity index (χ0v) is 17.7. The second-order valence-electron chi connectivity index (χ2n) is 6.88. The van der Waals surface area contributed by atoms with Gasteiger partial charge in [0.15, 0.2) is 0 Å². The van der Waals surface area contributed by atoms with Crippen LogP contribution in [0.25, 0.3) is 0 Å². The van der Waals surface area contributed by atoms with Crippen LogP contribution in [0.15, 0.2) is 83.8 Å². The van der Waals surface area contributed by atoms with Crippen LogP contribution in [0.4, 0.5) is 0 Å². The molecule has 0 saturated carbocycles. The predicted octanol–water partition coefficient (Wildman–Crippen LogP) is 4.62. The summed E-state index contributed by atoms with van der Waals surface area (Å²) in [6, 6.07) is 24.4. The molecule has 3 rings (SSSR count). The molecule has 0 bridgehead atoms. The Hall–Kier alpha value is -2.18. The van der Waals surface area contributed by atoms with Crippen LogP contribution in [0.1, 0.15) is 23.1 Å². The molecule has 0 aliphatic rings. The number of rotatable bonds is 9. The van der Waals surface area contributed by atoms with Gasteiger partial charge < -0.3 is 5.73 Å². The molecule has 0 aliphatic heterocycles. The summed E-state index contributed by atoms with van der Waals surface area (Å²) in [5, 5.41) is 0.235. The first-order valence-corrected chi connectivity index (χ1v) is 11.4. The summed E-state index contributed by atoms with van der Waals surface area (Å²) in [5.74, 6) is 0. The average Bonchev–Trinajstić information content (AvgIpc) is 2.74. The van der Waals surface area contributed by atoms with E-state index in [9.17, 15) is 8.42 Å². The monoisotopic (exact) mass is 428 g/mol. The highest BCUT2D eigenvalue weighted by Gasteiger charge is 2.26. The molecule has 152 valence electrons. The molecular weight excluding hydrogens is 404 g/mol. The van der Waals surface area contributed by atoms with Crippen molar-refractivity contribution in [1.29, 1.82) is 0 Å². The number of nitrogens with two attached hydrogens (primary N) is 1. The van der Waals surface area contributed by atoms with E-state index in [4.69, 9.17) is 17.3 Å². The van der Waals surface area contributed by atoms with Gasteiger partial charge in [0.25, 0.3) is 0 Å². The van der Waals surface area contributed by atoms with Crippen molar-refractivity contribution in [3.05, 3.63) is 101 Å². The molecule has 0 aliphatic carbocycles. The van der Waals surface area contributed by atoms with Crippen molar-refractivity contribution in [2.45, 2.75) is 30.8 Å². The average molecular weight is 429 g/mol. The van der Waals surface area contributed by atoms with Gasteiger partial charge in [0.05, 0.1) is 5.02 Å². The molecule has 3 aromatic carbocycles. The fourth-order valence-electron chi connectivity index (χ4n) is 3.17. The van der Waals surface area contributed by atoms with E-state index in [2.05, 4.69) is 12.1 Å². The first-order chi connectivity index (χ1) is 14.0. The minimum absolute atomic E-state index is 0.139. The molecule has 0 unspecified atom stereocenters. The zero-order valence-electron chi connectivity index (χ0n) is 16.2. The van der Waals surface area contributed by atoms with Gasteiger partial charge in [-0.2, -0.15) is 4.31 Å². The molecule has 3 aromatic rings. The summed E-state index contributed by atoms with van der Waals surface area (Å²) in [5.41, 5.74) is 8.78. The molecule has 0 fully saturated rings. The molecule has 0 heterocycles. The molecule has 0 amide bonds. The molecule has 2 N–H and O–H groups in total. The summed E-state index contributed by atoms with van der Waals surface area (Å²) in [6.45, 7) is 1.15. The van der Waals surface area contributed by atoms with Crippen LogP contribution in [0.5, 0.6) is 0 Å². The Kier molecular flexibility index (Phi) is 7.45. The van der Waals surface area contributed by atoms with Gasteiger partial charge in [-0.05, 0) is 41.7 Å². The van der Waals surface area contributed by atoms with E-state index < -0.39 is 10.0 Å². The smallest absolute Gasteiger partial charge is 0.244 e. The van der Waals surface area contributed by atoms with Crippen LogP contribution in [0, 0.1) is 0 Å². The largest absolute Gasteiger partial charge is 0.326 e. The van der Waals surface area contributed by atoms with Gasteiger partial charge in [0, 0.05) is 19.6 Å². The van der Waals surface area contributed by atoms with E-state index in [-0.39, 0.29) is 16.5 Å². The number of halogens is 1. The van der Waals surface area contributed by atoms with E-state index in [0.29, 0.717) is 19.5 Å². The maximum Gasteiger partial charge on any atom is 0.244 e. The Balaban J connectivity index is 1.82. The van der Waals surface area contributed by atoms with E-state index in [1.54, 1.807) is 24.3 Å². The van der Waals surface area contributed by atoms with Crippen LogP contribution in [0.2, 0.25) is 5.02 Å². The molecule has 0 aromatic heterocycles. The fourth-order valence-corrected chi connectivity index (χ4v) is 5.13. The standard InChI is InChI=1S/C23H25ClN2O2S/c24-22-10-4-5-11-23(22)29(27,28)26(16-6-9-19-7-2-1-3-8-19)18-21-14-12-20(17-25)13-15-21/h1-5,7-8,10-15H,6,9,16-18,25H2. The SMILES string of the molecule is NCc1ccc(CN(CCCc2ccccc2)S(=O)(=O)c2ccccc2Cl)cc1. The van der Waals surface area contributed by atoms with Crippen LogP contribution < -0.4 is 5.73 Å². The number of hydrogen-bond donors (Lipinski definition) is 1. The van der Waals surface area contributed by atoms with E-state index >= 15 is 0 Å². The third kappa shape index (κ3) is 5.67. The summed E-state index contributed by atoms with van der Waals surface area (Å²) < 4.78 is 28.2.